The zero-order valence-corrected chi connectivity index (χ0v) is 19.3. The Bertz CT molecular complexity index is 1260. The van der Waals surface area contributed by atoms with E-state index in [0.29, 0.717) is 27.7 Å². The number of phenols is 1. The molecule has 0 bridgehead atoms. The Morgan fingerprint density at radius 3 is 2.58 bits per heavy atom. The molecule has 33 heavy (non-hydrogen) atoms. The van der Waals surface area contributed by atoms with E-state index in [-0.39, 0.29) is 29.3 Å². The van der Waals surface area contributed by atoms with E-state index in [4.69, 9.17) is 9.72 Å². The number of nitrogens with zero attached hydrogens (tertiary/aromatic N) is 2. The zero-order valence-electron chi connectivity index (χ0n) is 18.5. The van der Waals surface area contributed by atoms with Gasteiger partial charge in [-0.05, 0) is 61.2 Å². The standard InChI is InChI=1S/C26H26N2O4S/c1-15-24(30)22(25(31)17-8-11-19(32-2)12-9-17)23(16-6-4-3-5-7-16)28(15)26-27-20-13-10-18(29)14-21(20)33-26/h8-14,16,23,29,31H,1,3-7H2,2H3/b25-22-. The number of thiazole rings is 1. The summed E-state index contributed by atoms with van der Waals surface area (Å²) in [4.78, 5) is 20.2. The number of aliphatic hydroxyl groups is 1. The fourth-order valence-electron chi connectivity index (χ4n) is 4.98. The predicted octanol–water partition coefficient (Wildman–Crippen LogP) is 5.83. The van der Waals surface area contributed by atoms with Crippen molar-refractivity contribution in [2.45, 2.75) is 38.1 Å². The number of allylic oxidation sites excluding steroid dienone is 1. The third kappa shape index (κ3) is 3.76. The van der Waals surface area contributed by atoms with Crippen molar-refractivity contribution < 1.29 is 19.7 Å². The maximum absolute atomic E-state index is 13.5. The number of anilines is 1. The number of hydrogen-bond acceptors (Lipinski definition) is 7. The average molecular weight is 463 g/mol. The average Bonchev–Trinajstić information content (AvgIpc) is 3.37. The van der Waals surface area contributed by atoms with Crippen molar-refractivity contribution in [3.8, 4) is 11.5 Å². The SMILES string of the molecule is C=C1C(=O)/C(=C(\O)c2ccc(OC)cc2)C(C2CCCCC2)N1c1nc2ccc(O)cc2s1. The third-order valence-electron chi connectivity index (χ3n) is 6.65. The molecule has 2 N–H and O–H groups in total. The van der Waals surface area contributed by atoms with Crippen molar-refractivity contribution in [1.29, 1.82) is 0 Å². The minimum absolute atomic E-state index is 0.0133. The van der Waals surface area contributed by atoms with Gasteiger partial charge >= 0.3 is 0 Å². The largest absolute Gasteiger partial charge is 0.508 e. The van der Waals surface area contributed by atoms with E-state index < -0.39 is 0 Å². The van der Waals surface area contributed by atoms with Crippen LogP contribution in [0.3, 0.4) is 0 Å². The number of benzene rings is 2. The second-order valence-electron chi connectivity index (χ2n) is 8.63. The quantitative estimate of drug-likeness (QED) is 0.375. The van der Waals surface area contributed by atoms with E-state index >= 15 is 0 Å². The summed E-state index contributed by atoms with van der Waals surface area (Å²) in [5.41, 5.74) is 2.04. The number of ether oxygens (including phenoxy) is 1. The lowest BCUT2D eigenvalue weighted by Crippen LogP contribution is -2.37. The lowest BCUT2D eigenvalue weighted by atomic mass is 9.80. The smallest absolute Gasteiger partial charge is 0.210 e. The molecule has 0 amide bonds. The van der Waals surface area contributed by atoms with Crippen LogP contribution in [0.15, 0.2) is 60.3 Å². The van der Waals surface area contributed by atoms with Crippen molar-refractivity contribution in [3.63, 3.8) is 0 Å². The molecule has 0 spiro atoms. The maximum Gasteiger partial charge on any atom is 0.210 e. The molecule has 2 aliphatic rings. The molecule has 1 unspecified atom stereocenters. The van der Waals surface area contributed by atoms with Gasteiger partial charge in [0.2, 0.25) is 5.78 Å². The van der Waals surface area contributed by atoms with E-state index in [2.05, 4.69) is 6.58 Å². The van der Waals surface area contributed by atoms with Gasteiger partial charge < -0.3 is 19.8 Å². The molecule has 1 saturated heterocycles. The Hall–Kier alpha value is -3.32. The van der Waals surface area contributed by atoms with E-state index in [1.807, 2.05) is 4.90 Å². The second-order valence-corrected chi connectivity index (χ2v) is 9.64. The molecule has 1 aliphatic heterocycles. The first-order valence-electron chi connectivity index (χ1n) is 11.2. The first kappa shape index (κ1) is 21.5. The van der Waals surface area contributed by atoms with Crippen LogP contribution in [0.5, 0.6) is 11.5 Å². The van der Waals surface area contributed by atoms with Crippen LogP contribution in [0.1, 0.15) is 37.7 Å². The summed E-state index contributed by atoms with van der Waals surface area (Å²) in [5.74, 6) is 0.803. The number of aromatic nitrogens is 1. The lowest BCUT2D eigenvalue weighted by molar-refractivity contribution is -0.111. The molecule has 1 atom stereocenters. The number of Topliss-reactive ketones (excluding diaryl/α,β-unsaturated/α-hetero) is 1. The van der Waals surface area contributed by atoms with Gasteiger partial charge in [-0.15, -0.1) is 0 Å². The molecule has 6 nitrogen and oxygen atoms in total. The molecular formula is C26H26N2O4S. The molecule has 1 aliphatic carbocycles. The minimum Gasteiger partial charge on any atom is -0.508 e. The molecule has 3 aromatic rings. The van der Waals surface area contributed by atoms with Crippen molar-refractivity contribution in [3.05, 3.63) is 65.9 Å². The fraction of sp³-hybridized carbons (Fsp3) is 0.308. The van der Waals surface area contributed by atoms with Gasteiger partial charge in [0.1, 0.15) is 17.3 Å². The highest BCUT2D eigenvalue weighted by molar-refractivity contribution is 7.22. The van der Waals surface area contributed by atoms with Crippen molar-refractivity contribution in [1.82, 2.24) is 4.98 Å². The van der Waals surface area contributed by atoms with Crippen LogP contribution in [0, 0.1) is 5.92 Å². The predicted molar refractivity (Wildman–Crippen MR) is 131 cm³/mol. The Morgan fingerprint density at radius 2 is 1.88 bits per heavy atom. The topological polar surface area (TPSA) is 82.9 Å². The van der Waals surface area contributed by atoms with Gasteiger partial charge in [0, 0.05) is 5.56 Å². The Kier molecular flexibility index (Phi) is 5.58. The number of aliphatic hydroxyl groups excluding tert-OH is 1. The summed E-state index contributed by atoms with van der Waals surface area (Å²) in [5, 5.41) is 21.8. The molecule has 2 aromatic carbocycles. The Morgan fingerprint density at radius 1 is 1.15 bits per heavy atom. The Balaban J connectivity index is 1.64. The van der Waals surface area contributed by atoms with Crippen LogP contribution in [0.4, 0.5) is 5.13 Å². The van der Waals surface area contributed by atoms with Crippen LogP contribution >= 0.6 is 11.3 Å². The van der Waals surface area contributed by atoms with Gasteiger partial charge in [-0.3, -0.25) is 4.79 Å². The summed E-state index contributed by atoms with van der Waals surface area (Å²) in [7, 11) is 1.59. The number of methoxy groups -OCH3 is 1. The second kappa shape index (κ2) is 8.56. The monoisotopic (exact) mass is 462 g/mol. The summed E-state index contributed by atoms with van der Waals surface area (Å²) in [6.07, 6.45) is 5.33. The Labute approximate surface area is 196 Å². The van der Waals surface area contributed by atoms with Crippen LogP contribution < -0.4 is 9.64 Å². The van der Waals surface area contributed by atoms with E-state index in [1.54, 1.807) is 49.6 Å². The normalized spacial score (nSPS) is 21.1. The van der Waals surface area contributed by atoms with E-state index in [0.717, 1.165) is 35.9 Å². The molecule has 7 heteroatoms. The highest BCUT2D eigenvalue weighted by Gasteiger charge is 2.47. The van der Waals surface area contributed by atoms with Gasteiger partial charge in [-0.1, -0.05) is 37.2 Å². The first-order chi connectivity index (χ1) is 16.0. The summed E-state index contributed by atoms with van der Waals surface area (Å²) < 4.78 is 6.07. The first-order valence-corrected chi connectivity index (χ1v) is 12.0. The summed E-state index contributed by atoms with van der Waals surface area (Å²) in [6, 6.07) is 11.8. The highest BCUT2D eigenvalue weighted by atomic mass is 32.1. The molecule has 5 rings (SSSR count). The number of hydrogen-bond donors (Lipinski definition) is 2. The number of carbonyl (C=O) groups excluding carboxylic acids is 1. The maximum atomic E-state index is 13.5. The van der Waals surface area contributed by atoms with Crippen molar-refractivity contribution in [2.24, 2.45) is 5.92 Å². The van der Waals surface area contributed by atoms with Crippen LogP contribution in [0.25, 0.3) is 16.0 Å². The lowest BCUT2D eigenvalue weighted by Gasteiger charge is -2.34. The molecule has 2 heterocycles. The summed E-state index contributed by atoms with van der Waals surface area (Å²) in [6.45, 7) is 4.11. The number of fused-ring (bicyclic) bond motifs is 1. The number of aromatic hydroxyl groups is 1. The molecule has 170 valence electrons. The van der Waals surface area contributed by atoms with Crippen LogP contribution in [-0.2, 0) is 4.79 Å². The van der Waals surface area contributed by atoms with Gasteiger partial charge in [-0.2, -0.15) is 0 Å². The molecule has 1 aromatic heterocycles. The van der Waals surface area contributed by atoms with Gasteiger partial charge in [0.15, 0.2) is 5.13 Å². The number of rotatable bonds is 4. The highest BCUT2D eigenvalue weighted by Crippen LogP contribution is 2.46. The molecule has 2 fully saturated rings. The molecular weight excluding hydrogens is 436 g/mol. The summed E-state index contributed by atoms with van der Waals surface area (Å²) >= 11 is 1.42. The number of phenolic OH excluding ortho intramolecular Hbond substituents is 1. The number of ketones is 1. The van der Waals surface area contributed by atoms with E-state index in [1.165, 1.54) is 17.8 Å². The molecule has 1 saturated carbocycles. The minimum atomic E-state index is -0.332. The van der Waals surface area contributed by atoms with Crippen molar-refractivity contribution >= 4 is 38.2 Å². The number of carbonyl (C=O) groups is 1. The zero-order chi connectivity index (χ0) is 23.1. The van der Waals surface area contributed by atoms with Crippen LogP contribution in [-0.4, -0.2) is 34.1 Å². The van der Waals surface area contributed by atoms with Gasteiger partial charge in [-0.25, -0.2) is 4.98 Å². The van der Waals surface area contributed by atoms with Crippen molar-refractivity contribution in [2.75, 3.05) is 12.0 Å². The third-order valence-corrected chi connectivity index (χ3v) is 7.67. The van der Waals surface area contributed by atoms with Gasteiger partial charge in [0.25, 0.3) is 0 Å². The van der Waals surface area contributed by atoms with Gasteiger partial charge in [0.05, 0.1) is 34.6 Å². The fourth-order valence-corrected chi connectivity index (χ4v) is 6.04. The van der Waals surface area contributed by atoms with Crippen LogP contribution in [0.2, 0.25) is 0 Å². The molecule has 0 radical (unpaired) electrons. The van der Waals surface area contributed by atoms with E-state index in [9.17, 15) is 15.0 Å².